The number of likely N-dealkylation sites (tertiary alicyclic amines) is 1. The zero-order valence-corrected chi connectivity index (χ0v) is 21.9. The predicted molar refractivity (Wildman–Crippen MR) is 143 cm³/mol. The van der Waals surface area contributed by atoms with Gasteiger partial charge in [-0.15, -0.1) is 11.3 Å². The molecule has 2 aromatic carbocycles. The molecule has 1 atom stereocenters. The summed E-state index contributed by atoms with van der Waals surface area (Å²) in [5, 5.41) is 14.9. The first-order valence-electron chi connectivity index (χ1n) is 11.5. The molecule has 0 saturated carbocycles. The number of amides is 1. The van der Waals surface area contributed by atoms with E-state index in [-0.39, 0.29) is 12.2 Å². The van der Waals surface area contributed by atoms with Crippen LogP contribution in [0, 0.1) is 0 Å². The first-order chi connectivity index (χ1) is 17.2. The molecule has 1 aliphatic heterocycles. The summed E-state index contributed by atoms with van der Waals surface area (Å²) in [6.07, 6.45) is 4.12. The lowest BCUT2D eigenvalue weighted by atomic mass is 9.84. The van der Waals surface area contributed by atoms with Crippen LogP contribution in [-0.2, 0) is 20.4 Å². The fraction of sp³-hybridized carbons (Fsp3) is 0.280. The molecule has 11 heteroatoms. The number of hydrogen-bond acceptors (Lipinski definition) is 6. The van der Waals surface area contributed by atoms with Crippen molar-refractivity contribution in [3.8, 4) is 0 Å². The van der Waals surface area contributed by atoms with Gasteiger partial charge in [-0.2, -0.15) is 0 Å². The van der Waals surface area contributed by atoms with E-state index >= 15 is 0 Å². The fourth-order valence-corrected chi connectivity index (χ4v) is 6.58. The molecular formula is C25H27ClN4O4S2. The minimum absolute atomic E-state index is 0. The maximum absolute atomic E-state index is 13.3. The van der Waals surface area contributed by atoms with E-state index in [1.807, 2.05) is 42.0 Å². The molecule has 5 rings (SSSR count). The van der Waals surface area contributed by atoms with Crippen LogP contribution in [0.2, 0.25) is 5.02 Å². The van der Waals surface area contributed by atoms with Crippen molar-refractivity contribution in [2.75, 3.05) is 17.8 Å². The number of carbonyl (C=O) groups is 1. The average Bonchev–Trinajstić information content (AvgIpc) is 3.53. The maximum atomic E-state index is 13.3. The van der Waals surface area contributed by atoms with Crippen LogP contribution in [0.3, 0.4) is 0 Å². The Bertz CT molecular complexity index is 1500. The Morgan fingerprint density at radius 3 is 2.58 bits per heavy atom. The standard InChI is InChI=1S/C25H25ClN4O4S2.H2/c1-17(30-12-8-18-2-5-20(26)16-22(18)30)23(31)29-13-9-25(32,10-14-29)19-3-6-21(7-4-19)36(33,34)28-24-27-11-15-35-24;/h2-8,11-12,15-17,32H,9-10,13-14H2,1H3,(H,27,28);1H/t17-;/m0./s1. The van der Waals surface area contributed by atoms with Crippen molar-refractivity contribution in [2.24, 2.45) is 0 Å². The van der Waals surface area contributed by atoms with Crippen LogP contribution in [0.5, 0.6) is 0 Å². The smallest absolute Gasteiger partial charge is 0.263 e. The van der Waals surface area contributed by atoms with Gasteiger partial charge in [0.1, 0.15) is 6.04 Å². The van der Waals surface area contributed by atoms with Crippen molar-refractivity contribution in [2.45, 2.75) is 36.3 Å². The highest BCUT2D eigenvalue weighted by Gasteiger charge is 2.37. The van der Waals surface area contributed by atoms with Crippen LogP contribution in [0.15, 0.2) is 71.2 Å². The quantitative estimate of drug-likeness (QED) is 0.359. The molecule has 2 aromatic heterocycles. The van der Waals surface area contributed by atoms with Gasteiger partial charge in [0.15, 0.2) is 5.13 Å². The number of nitrogens with zero attached hydrogens (tertiary/aromatic N) is 3. The molecule has 4 aromatic rings. The number of piperidine rings is 1. The molecule has 190 valence electrons. The highest BCUT2D eigenvalue weighted by atomic mass is 35.5. The SMILES string of the molecule is C[C@@H](C(=O)N1CCC(O)(c2ccc(S(=O)(=O)Nc3nccs3)cc2)CC1)n1ccc2ccc(Cl)cc21.[HH]. The minimum Gasteiger partial charge on any atom is -0.385 e. The molecule has 1 saturated heterocycles. The monoisotopic (exact) mass is 546 g/mol. The molecule has 36 heavy (non-hydrogen) atoms. The number of thiazole rings is 1. The van der Waals surface area contributed by atoms with Crippen molar-refractivity contribution in [3.63, 3.8) is 0 Å². The number of halogens is 1. The summed E-state index contributed by atoms with van der Waals surface area (Å²) in [6, 6.07) is 13.4. The number of sulfonamides is 1. The lowest BCUT2D eigenvalue weighted by molar-refractivity contribution is -0.138. The van der Waals surface area contributed by atoms with E-state index in [1.165, 1.54) is 29.7 Å². The first kappa shape index (κ1) is 24.8. The molecule has 3 heterocycles. The average molecular weight is 547 g/mol. The molecule has 1 fully saturated rings. The van der Waals surface area contributed by atoms with Gasteiger partial charge in [0.2, 0.25) is 5.91 Å². The maximum Gasteiger partial charge on any atom is 0.263 e. The molecule has 1 aliphatic rings. The van der Waals surface area contributed by atoms with Crippen molar-refractivity contribution in [3.05, 3.63) is 76.9 Å². The van der Waals surface area contributed by atoms with Gasteiger partial charge in [-0.1, -0.05) is 29.8 Å². The molecule has 0 radical (unpaired) electrons. The summed E-state index contributed by atoms with van der Waals surface area (Å²) in [5.74, 6) is -0.0239. The first-order valence-corrected chi connectivity index (χ1v) is 14.2. The summed E-state index contributed by atoms with van der Waals surface area (Å²) in [5.41, 5.74) is 0.386. The number of nitrogens with one attached hydrogen (secondary N) is 1. The Kier molecular flexibility index (Phi) is 6.54. The summed E-state index contributed by atoms with van der Waals surface area (Å²) >= 11 is 7.35. The highest BCUT2D eigenvalue weighted by Crippen LogP contribution is 2.34. The van der Waals surface area contributed by atoms with Crippen LogP contribution < -0.4 is 4.72 Å². The minimum atomic E-state index is -3.77. The molecular weight excluding hydrogens is 520 g/mol. The Labute approximate surface area is 219 Å². The van der Waals surface area contributed by atoms with Gasteiger partial charge in [0.25, 0.3) is 10.0 Å². The fourth-order valence-electron chi connectivity index (χ4n) is 4.62. The number of hydrogen-bond donors (Lipinski definition) is 2. The number of anilines is 1. The highest BCUT2D eigenvalue weighted by molar-refractivity contribution is 7.93. The second-order valence-corrected chi connectivity index (χ2v) is 11.9. The number of rotatable bonds is 6. The van der Waals surface area contributed by atoms with Gasteiger partial charge in [0.05, 0.1) is 16.0 Å². The van der Waals surface area contributed by atoms with Gasteiger partial charge in [-0.3, -0.25) is 9.52 Å². The van der Waals surface area contributed by atoms with E-state index in [9.17, 15) is 18.3 Å². The second-order valence-electron chi connectivity index (χ2n) is 8.93. The van der Waals surface area contributed by atoms with Crippen molar-refractivity contribution >= 4 is 54.9 Å². The Morgan fingerprint density at radius 1 is 1.19 bits per heavy atom. The van der Waals surface area contributed by atoms with Crippen molar-refractivity contribution in [1.29, 1.82) is 0 Å². The topological polar surface area (TPSA) is 105 Å². The predicted octanol–water partition coefficient (Wildman–Crippen LogP) is 4.87. The largest absolute Gasteiger partial charge is 0.385 e. The third kappa shape index (κ3) is 4.73. The van der Waals surface area contributed by atoms with E-state index in [2.05, 4.69) is 9.71 Å². The van der Waals surface area contributed by atoms with Gasteiger partial charge in [0, 0.05) is 37.3 Å². The van der Waals surface area contributed by atoms with Gasteiger partial charge < -0.3 is 14.6 Å². The Hall–Kier alpha value is -2.92. The van der Waals surface area contributed by atoms with E-state index in [0.717, 1.165) is 10.9 Å². The Morgan fingerprint density at radius 2 is 1.92 bits per heavy atom. The van der Waals surface area contributed by atoms with Crippen LogP contribution >= 0.6 is 22.9 Å². The van der Waals surface area contributed by atoms with Crippen LogP contribution in [0.1, 0.15) is 32.8 Å². The lowest BCUT2D eigenvalue weighted by Gasteiger charge is -2.39. The van der Waals surface area contributed by atoms with Crippen molar-refractivity contribution in [1.82, 2.24) is 14.5 Å². The van der Waals surface area contributed by atoms with E-state index in [0.29, 0.717) is 41.6 Å². The van der Waals surface area contributed by atoms with Gasteiger partial charge >= 0.3 is 0 Å². The Balaban J connectivity index is 0.00000320. The number of fused-ring (bicyclic) bond motifs is 1. The van der Waals surface area contributed by atoms with Crippen LogP contribution in [0.25, 0.3) is 10.9 Å². The van der Waals surface area contributed by atoms with E-state index in [4.69, 9.17) is 11.6 Å². The molecule has 0 spiro atoms. The van der Waals surface area contributed by atoms with Crippen LogP contribution in [0.4, 0.5) is 5.13 Å². The summed E-state index contributed by atoms with van der Waals surface area (Å²) in [7, 11) is -3.77. The summed E-state index contributed by atoms with van der Waals surface area (Å²) in [6.45, 7) is 2.65. The second kappa shape index (κ2) is 9.51. The van der Waals surface area contributed by atoms with Crippen LogP contribution in [-0.4, -0.2) is 47.0 Å². The third-order valence-corrected chi connectivity index (χ3v) is 9.13. The molecule has 8 nitrogen and oxygen atoms in total. The zero-order valence-electron chi connectivity index (χ0n) is 19.5. The molecule has 2 N–H and O–H groups in total. The lowest BCUT2D eigenvalue weighted by Crippen LogP contribution is -2.47. The van der Waals surface area contributed by atoms with E-state index in [1.54, 1.807) is 22.4 Å². The zero-order chi connectivity index (χ0) is 25.5. The van der Waals surface area contributed by atoms with Gasteiger partial charge in [-0.25, -0.2) is 13.4 Å². The third-order valence-electron chi connectivity index (χ3n) is 6.72. The number of aliphatic hydroxyl groups is 1. The summed E-state index contributed by atoms with van der Waals surface area (Å²) < 4.78 is 29.5. The molecule has 0 unspecified atom stereocenters. The number of aromatic nitrogens is 2. The molecule has 0 aliphatic carbocycles. The molecule has 0 bridgehead atoms. The van der Waals surface area contributed by atoms with Crippen molar-refractivity contribution < 1.29 is 19.7 Å². The number of benzene rings is 2. The van der Waals surface area contributed by atoms with E-state index < -0.39 is 21.7 Å². The number of carbonyl (C=O) groups excluding carboxylic acids is 1. The van der Waals surface area contributed by atoms with Gasteiger partial charge in [-0.05, 0) is 61.0 Å². The summed E-state index contributed by atoms with van der Waals surface area (Å²) in [4.78, 5) is 19.1. The normalized spacial score (nSPS) is 16.7. The molecule has 1 amide bonds.